The fourth-order valence-corrected chi connectivity index (χ4v) is 3.63. The van der Waals surface area contributed by atoms with Crippen molar-refractivity contribution in [2.24, 2.45) is 0 Å². The van der Waals surface area contributed by atoms with Crippen LogP contribution in [0.5, 0.6) is 0 Å². The molecule has 0 aromatic heterocycles. The van der Waals surface area contributed by atoms with E-state index in [0.717, 1.165) is 0 Å². The minimum Gasteiger partial charge on any atom is -0.452 e. The van der Waals surface area contributed by atoms with Gasteiger partial charge in [0, 0.05) is 20.0 Å². The summed E-state index contributed by atoms with van der Waals surface area (Å²) in [5.41, 5.74) is 4.75. The Hall–Kier alpha value is -3.59. The first-order chi connectivity index (χ1) is 15.3. The van der Waals surface area contributed by atoms with Crippen molar-refractivity contribution >= 4 is 29.5 Å². The lowest BCUT2D eigenvalue weighted by atomic mass is 9.89. The highest BCUT2D eigenvalue weighted by atomic mass is 19.1. The third-order valence-electron chi connectivity index (χ3n) is 5.46. The molecule has 11 nitrogen and oxygen atoms in total. The number of hydrogen-bond donors (Lipinski definition) is 3. The molecule has 32 heavy (non-hydrogen) atoms. The number of methoxy groups -OCH3 is 1. The summed E-state index contributed by atoms with van der Waals surface area (Å²) in [5.74, 6) is -0.737. The Kier molecular flexibility index (Phi) is 6.99. The van der Waals surface area contributed by atoms with Gasteiger partial charge in [0.1, 0.15) is 17.5 Å². The molecule has 1 aromatic rings. The number of nitriles is 1. The zero-order valence-corrected chi connectivity index (χ0v) is 17.8. The second kappa shape index (κ2) is 9.69. The number of piperidine rings is 1. The number of rotatable bonds is 6. The average molecular weight is 448 g/mol. The molecule has 2 aliphatic rings. The molecule has 172 valence electrons. The largest absolute Gasteiger partial charge is 0.452 e. The Morgan fingerprint density at radius 3 is 2.69 bits per heavy atom. The van der Waals surface area contributed by atoms with Gasteiger partial charge >= 0.3 is 12.2 Å². The van der Waals surface area contributed by atoms with Gasteiger partial charge in [-0.25, -0.2) is 19.4 Å². The molecule has 0 spiro atoms. The number of halogens is 1. The van der Waals surface area contributed by atoms with Crippen LogP contribution < -0.4 is 26.0 Å². The van der Waals surface area contributed by atoms with Crippen LogP contribution in [0, 0.1) is 17.1 Å². The molecule has 2 fully saturated rings. The fraction of sp³-hybridized carbons (Fsp3) is 0.500. The quantitative estimate of drug-likeness (QED) is 0.549. The monoisotopic (exact) mass is 448 g/mol. The highest BCUT2D eigenvalue weighted by molar-refractivity contribution is 5.90. The summed E-state index contributed by atoms with van der Waals surface area (Å²) < 4.78 is 24.6. The number of anilines is 2. The van der Waals surface area contributed by atoms with Crippen LogP contribution in [-0.4, -0.2) is 63.0 Å². The number of nitrogens with zero attached hydrogens (tertiary/aromatic N) is 3. The Morgan fingerprint density at radius 1 is 1.38 bits per heavy atom. The van der Waals surface area contributed by atoms with Crippen LogP contribution in [0.25, 0.3) is 0 Å². The van der Waals surface area contributed by atoms with Crippen LogP contribution in [0.4, 0.5) is 25.4 Å². The van der Waals surface area contributed by atoms with Gasteiger partial charge in [-0.3, -0.25) is 15.1 Å². The molecule has 2 saturated heterocycles. The lowest BCUT2D eigenvalue weighted by Crippen LogP contribution is -2.58. The molecule has 0 aliphatic carbocycles. The van der Waals surface area contributed by atoms with Gasteiger partial charge < -0.3 is 19.7 Å². The van der Waals surface area contributed by atoms with E-state index in [2.05, 4.69) is 27.0 Å². The number of benzene rings is 1. The number of amides is 3. The molecule has 3 N–H and O–H groups in total. The summed E-state index contributed by atoms with van der Waals surface area (Å²) in [6.45, 7) is 2.51. The number of cyclic esters (lactones) is 1. The fourth-order valence-electron chi connectivity index (χ4n) is 3.63. The van der Waals surface area contributed by atoms with Gasteiger partial charge in [-0.2, -0.15) is 5.26 Å². The maximum atomic E-state index is 14.9. The molecule has 12 heteroatoms. The van der Waals surface area contributed by atoms with E-state index in [-0.39, 0.29) is 19.0 Å². The van der Waals surface area contributed by atoms with Crippen molar-refractivity contribution in [3.8, 4) is 6.07 Å². The number of hydrazine groups is 1. The lowest BCUT2D eigenvalue weighted by molar-refractivity contribution is -0.119. The highest BCUT2D eigenvalue weighted by Crippen LogP contribution is 2.31. The lowest BCUT2D eigenvalue weighted by Gasteiger charge is -2.38. The van der Waals surface area contributed by atoms with Crippen LogP contribution >= 0.6 is 0 Å². The number of nitrogens with one attached hydrogen (secondary N) is 3. The standard InChI is InChI=1S/C20H25FN6O5/c1-13(28)23-10-15-11-27(19(30)32-15)14-3-4-17(16(21)9-14)26-7-5-20(12-22,6-8-26)25-24-18(29)31-2/h3-4,9,15,25H,5-8,10-11H2,1-2H3,(H,23,28)(H,24,29)/t15-/m0/s1. The zero-order chi connectivity index (χ0) is 23.3. The Labute approximate surface area is 184 Å². The van der Waals surface area contributed by atoms with Gasteiger partial charge in [-0.05, 0) is 31.0 Å². The van der Waals surface area contributed by atoms with E-state index < -0.39 is 29.6 Å². The second-order valence-electron chi connectivity index (χ2n) is 7.61. The molecule has 3 rings (SSSR count). The SMILES string of the molecule is COC(=O)NNC1(C#N)CCN(c2ccc(N3C[C@H](CNC(C)=O)OC3=O)cc2F)CC1. The van der Waals surface area contributed by atoms with Gasteiger partial charge in [-0.1, -0.05) is 0 Å². The van der Waals surface area contributed by atoms with E-state index in [1.807, 2.05) is 0 Å². The molecule has 0 saturated carbocycles. The first-order valence-electron chi connectivity index (χ1n) is 10.1. The number of carbonyl (C=O) groups is 3. The van der Waals surface area contributed by atoms with Gasteiger partial charge in [0.15, 0.2) is 0 Å². The van der Waals surface area contributed by atoms with Gasteiger partial charge in [-0.15, -0.1) is 0 Å². The van der Waals surface area contributed by atoms with Crippen molar-refractivity contribution in [2.75, 3.05) is 43.1 Å². The minimum atomic E-state index is -0.983. The van der Waals surface area contributed by atoms with Crippen molar-refractivity contribution in [1.29, 1.82) is 5.26 Å². The van der Waals surface area contributed by atoms with Crippen molar-refractivity contribution in [3.63, 3.8) is 0 Å². The summed E-state index contributed by atoms with van der Waals surface area (Å²) in [6.07, 6.45) is -1.13. The van der Waals surface area contributed by atoms with E-state index in [1.54, 1.807) is 17.0 Å². The molecule has 1 aromatic carbocycles. The Balaban J connectivity index is 1.63. The smallest absolute Gasteiger partial charge is 0.421 e. The van der Waals surface area contributed by atoms with Crippen molar-refractivity contribution < 1.29 is 28.2 Å². The summed E-state index contributed by atoms with van der Waals surface area (Å²) >= 11 is 0. The van der Waals surface area contributed by atoms with Crippen LogP contribution in [0.1, 0.15) is 19.8 Å². The summed E-state index contributed by atoms with van der Waals surface area (Å²) in [7, 11) is 1.22. The maximum Gasteiger partial charge on any atom is 0.421 e. The molecule has 0 radical (unpaired) electrons. The molecule has 2 heterocycles. The van der Waals surface area contributed by atoms with Crippen LogP contribution in [0.2, 0.25) is 0 Å². The van der Waals surface area contributed by atoms with Gasteiger partial charge in [0.05, 0.1) is 37.6 Å². The molecule has 0 bridgehead atoms. The van der Waals surface area contributed by atoms with E-state index >= 15 is 0 Å². The molecule has 3 amide bonds. The van der Waals surface area contributed by atoms with E-state index in [1.165, 1.54) is 25.0 Å². The van der Waals surface area contributed by atoms with Crippen LogP contribution in [0.3, 0.4) is 0 Å². The molecular weight excluding hydrogens is 423 g/mol. The molecule has 0 unspecified atom stereocenters. The molecule has 1 atom stereocenters. The topological polar surface area (TPSA) is 136 Å². The predicted molar refractivity (Wildman–Crippen MR) is 111 cm³/mol. The average Bonchev–Trinajstić information content (AvgIpc) is 3.17. The summed E-state index contributed by atoms with van der Waals surface area (Å²) in [6, 6.07) is 6.64. The maximum absolute atomic E-state index is 14.9. The third kappa shape index (κ3) is 5.17. The first kappa shape index (κ1) is 23.1. The van der Waals surface area contributed by atoms with Crippen molar-refractivity contribution in [1.82, 2.24) is 16.2 Å². The number of ether oxygens (including phenoxy) is 2. The van der Waals surface area contributed by atoms with Crippen molar-refractivity contribution in [3.05, 3.63) is 24.0 Å². The minimum absolute atomic E-state index is 0.186. The Bertz CT molecular complexity index is 928. The second-order valence-corrected chi connectivity index (χ2v) is 7.61. The Morgan fingerprint density at radius 2 is 2.09 bits per heavy atom. The van der Waals surface area contributed by atoms with Crippen LogP contribution in [0.15, 0.2) is 18.2 Å². The first-order valence-corrected chi connectivity index (χ1v) is 10.1. The number of hydrogen-bond acceptors (Lipinski definition) is 8. The predicted octanol–water partition coefficient (Wildman–Crippen LogP) is 1.01. The van der Waals surface area contributed by atoms with Gasteiger partial charge in [0.25, 0.3) is 0 Å². The summed E-state index contributed by atoms with van der Waals surface area (Å²) in [4.78, 5) is 37.6. The summed E-state index contributed by atoms with van der Waals surface area (Å²) in [5, 5.41) is 12.1. The third-order valence-corrected chi connectivity index (χ3v) is 5.46. The highest BCUT2D eigenvalue weighted by Gasteiger charge is 2.36. The molecular formula is C20H25FN6O5. The zero-order valence-electron chi connectivity index (χ0n) is 17.8. The number of carbonyl (C=O) groups excluding carboxylic acids is 3. The van der Waals surface area contributed by atoms with E-state index in [9.17, 15) is 24.0 Å². The van der Waals surface area contributed by atoms with Crippen LogP contribution in [-0.2, 0) is 14.3 Å². The van der Waals surface area contributed by atoms with E-state index in [4.69, 9.17) is 4.74 Å². The van der Waals surface area contributed by atoms with Crippen molar-refractivity contribution in [2.45, 2.75) is 31.4 Å². The van der Waals surface area contributed by atoms with Gasteiger partial charge in [0.2, 0.25) is 5.91 Å². The molecule has 2 aliphatic heterocycles. The van der Waals surface area contributed by atoms with E-state index in [0.29, 0.717) is 37.3 Å². The normalized spacial score (nSPS) is 19.7.